The summed E-state index contributed by atoms with van der Waals surface area (Å²) in [6.45, 7) is 0.634. The van der Waals surface area contributed by atoms with Crippen LogP contribution in [0.25, 0.3) is 0 Å². The minimum absolute atomic E-state index is 0.0569. The number of methoxy groups -OCH3 is 1. The van der Waals surface area contributed by atoms with Gasteiger partial charge in [-0.3, -0.25) is 4.79 Å². The molecule has 3 heteroatoms. The molecule has 0 aliphatic carbocycles. The fraction of sp³-hybridized carbons (Fsp3) is 0.188. The summed E-state index contributed by atoms with van der Waals surface area (Å²) in [4.78, 5) is 11.9. The van der Waals surface area contributed by atoms with Crippen molar-refractivity contribution in [2.24, 2.45) is 0 Å². The Morgan fingerprint density at radius 3 is 2.37 bits per heavy atom. The first-order chi connectivity index (χ1) is 9.29. The number of rotatable bonds is 5. The molecule has 2 rings (SSSR count). The lowest BCUT2D eigenvalue weighted by Gasteiger charge is -2.06. The van der Waals surface area contributed by atoms with Crippen molar-refractivity contribution in [2.75, 3.05) is 13.7 Å². The summed E-state index contributed by atoms with van der Waals surface area (Å²) >= 11 is 0. The van der Waals surface area contributed by atoms with Gasteiger partial charge in [-0.2, -0.15) is 0 Å². The minimum Gasteiger partial charge on any atom is -0.497 e. The molecule has 0 saturated carbocycles. The molecule has 1 N–H and O–H groups in total. The van der Waals surface area contributed by atoms with E-state index in [4.69, 9.17) is 4.74 Å². The molecular weight excluding hydrogens is 238 g/mol. The Kier molecular flexibility index (Phi) is 4.56. The summed E-state index contributed by atoms with van der Waals surface area (Å²) in [7, 11) is 1.61. The van der Waals surface area contributed by atoms with E-state index in [0.29, 0.717) is 12.1 Å². The number of benzene rings is 2. The molecule has 0 atom stereocenters. The van der Waals surface area contributed by atoms with Crippen molar-refractivity contribution in [3.8, 4) is 5.75 Å². The second-order valence-corrected chi connectivity index (χ2v) is 4.22. The van der Waals surface area contributed by atoms with Crippen LogP contribution in [-0.2, 0) is 6.42 Å². The molecule has 1 amide bonds. The van der Waals surface area contributed by atoms with Crippen LogP contribution in [0.2, 0.25) is 0 Å². The number of hydrogen-bond acceptors (Lipinski definition) is 2. The van der Waals surface area contributed by atoms with E-state index in [1.165, 1.54) is 5.56 Å². The van der Waals surface area contributed by atoms with Gasteiger partial charge in [0.2, 0.25) is 0 Å². The topological polar surface area (TPSA) is 38.3 Å². The normalized spacial score (nSPS) is 9.95. The van der Waals surface area contributed by atoms with Gasteiger partial charge in [0, 0.05) is 12.1 Å². The summed E-state index contributed by atoms with van der Waals surface area (Å²) < 4.78 is 5.06. The first-order valence-corrected chi connectivity index (χ1v) is 6.26. The molecule has 0 saturated heterocycles. The Morgan fingerprint density at radius 1 is 1.05 bits per heavy atom. The van der Waals surface area contributed by atoms with Gasteiger partial charge in [-0.05, 0) is 36.2 Å². The summed E-state index contributed by atoms with van der Waals surface area (Å²) in [5, 5.41) is 2.91. The number of carbonyl (C=O) groups excluding carboxylic acids is 1. The quantitative estimate of drug-likeness (QED) is 0.892. The van der Waals surface area contributed by atoms with E-state index in [9.17, 15) is 4.79 Å². The molecule has 2 aromatic carbocycles. The van der Waals surface area contributed by atoms with Crippen LogP contribution in [0.5, 0.6) is 5.75 Å². The van der Waals surface area contributed by atoms with Crippen LogP contribution in [0.15, 0.2) is 54.6 Å². The van der Waals surface area contributed by atoms with Gasteiger partial charge in [-0.15, -0.1) is 0 Å². The standard InChI is InChI=1S/C16H17NO2/c1-19-15-9-7-14(8-10-15)16(18)17-12-11-13-5-3-2-4-6-13/h2-10H,11-12H2,1H3,(H,17,18). The van der Waals surface area contributed by atoms with Gasteiger partial charge in [-0.1, -0.05) is 30.3 Å². The third-order valence-electron chi connectivity index (χ3n) is 2.89. The lowest BCUT2D eigenvalue weighted by molar-refractivity contribution is 0.0954. The maximum Gasteiger partial charge on any atom is 0.251 e. The van der Waals surface area contributed by atoms with Crippen molar-refractivity contribution in [3.05, 3.63) is 65.7 Å². The van der Waals surface area contributed by atoms with E-state index in [1.54, 1.807) is 31.4 Å². The van der Waals surface area contributed by atoms with Crippen LogP contribution in [0.1, 0.15) is 15.9 Å². The fourth-order valence-corrected chi connectivity index (χ4v) is 1.81. The van der Waals surface area contributed by atoms with Crippen LogP contribution >= 0.6 is 0 Å². The van der Waals surface area contributed by atoms with Crippen LogP contribution < -0.4 is 10.1 Å². The number of hydrogen-bond donors (Lipinski definition) is 1. The average molecular weight is 255 g/mol. The highest BCUT2D eigenvalue weighted by Gasteiger charge is 2.04. The van der Waals surface area contributed by atoms with E-state index < -0.39 is 0 Å². The first-order valence-electron chi connectivity index (χ1n) is 6.26. The number of carbonyl (C=O) groups is 1. The maximum atomic E-state index is 11.9. The van der Waals surface area contributed by atoms with Crippen molar-refractivity contribution in [2.45, 2.75) is 6.42 Å². The van der Waals surface area contributed by atoms with Crippen molar-refractivity contribution in [1.29, 1.82) is 0 Å². The maximum absolute atomic E-state index is 11.9. The Hall–Kier alpha value is -2.29. The fourth-order valence-electron chi connectivity index (χ4n) is 1.81. The Balaban J connectivity index is 1.84. The molecule has 0 bridgehead atoms. The van der Waals surface area contributed by atoms with Crippen molar-refractivity contribution in [1.82, 2.24) is 5.32 Å². The lowest BCUT2D eigenvalue weighted by Crippen LogP contribution is -2.25. The molecule has 2 aromatic rings. The summed E-state index contributed by atoms with van der Waals surface area (Å²) in [5.41, 5.74) is 1.87. The molecular formula is C16H17NO2. The van der Waals surface area contributed by atoms with E-state index in [0.717, 1.165) is 12.2 Å². The highest BCUT2D eigenvalue weighted by atomic mass is 16.5. The lowest BCUT2D eigenvalue weighted by atomic mass is 10.1. The Morgan fingerprint density at radius 2 is 1.74 bits per heavy atom. The predicted octanol–water partition coefficient (Wildman–Crippen LogP) is 2.67. The zero-order valence-electron chi connectivity index (χ0n) is 10.9. The number of nitrogens with one attached hydrogen (secondary N) is 1. The van der Waals surface area contributed by atoms with Gasteiger partial charge in [0.05, 0.1) is 7.11 Å². The minimum atomic E-state index is -0.0569. The molecule has 0 fully saturated rings. The van der Waals surface area contributed by atoms with Gasteiger partial charge in [-0.25, -0.2) is 0 Å². The summed E-state index contributed by atoms with van der Waals surface area (Å²) in [6, 6.07) is 17.2. The van der Waals surface area contributed by atoms with Crippen molar-refractivity contribution >= 4 is 5.91 Å². The predicted molar refractivity (Wildman–Crippen MR) is 75.5 cm³/mol. The Labute approximate surface area is 113 Å². The second-order valence-electron chi connectivity index (χ2n) is 4.22. The van der Waals surface area contributed by atoms with Crippen LogP contribution in [0.3, 0.4) is 0 Å². The van der Waals surface area contributed by atoms with E-state index in [-0.39, 0.29) is 5.91 Å². The van der Waals surface area contributed by atoms with Gasteiger partial charge >= 0.3 is 0 Å². The molecule has 3 nitrogen and oxygen atoms in total. The van der Waals surface area contributed by atoms with Crippen LogP contribution in [0.4, 0.5) is 0 Å². The second kappa shape index (κ2) is 6.59. The van der Waals surface area contributed by atoms with Crippen LogP contribution in [-0.4, -0.2) is 19.6 Å². The van der Waals surface area contributed by atoms with Gasteiger partial charge in [0.25, 0.3) is 5.91 Å². The van der Waals surface area contributed by atoms with E-state index in [1.807, 2.05) is 18.2 Å². The summed E-state index contributed by atoms with van der Waals surface area (Å²) in [5.74, 6) is 0.694. The Bertz CT molecular complexity index is 520. The monoisotopic (exact) mass is 255 g/mol. The zero-order valence-corrected chi connectivity index (χ0v) is 10.9. The number of ether oxygens (including phenoxy) is 1. The smallest absolute Gasteiger partial charge is 0.251 e. The highest BCUT2D eigenvalue weighted by Crippen LogP contribution is 2.11. The molecule has 98 valence electrons. The largest absolute Gasteiger partial charge is 0.497 e. The molecule has 0 aliphatic rings. The number of amides is 1. The molecule has 19 heavy (non-hydrogen) atoms. The third kappa shape index (κ3) is 3.85. The SMILES string of the molecule is COc1ccc(C(=O)NCCc2ccccc2)cc1. The van der Waals surface area contributed by atoms with Crippen LogP contribution in [0, 0.1) is 0 Å². The molecule has 0 aliphatic heterocycles. The molecule has 0 unspecified atom stereocenters. The average Bonchev–Trinajstić information content (AvgIpc) is 2.48. The van der Waals surface area contributed by atoms with E-state index >= 15 is 0 Å². The molecule has 0 spiro atoms. The van der Waals surface area contributed by atoms with Gasteiger partial charge in [0.1, 0.15) is 5.75 Å². The van der Waals surface area contributed by atoms with E-state index in [2.05, 4.69) is 17.4 Å². The van der Waals surface area contributed by atoms with Crippen molar-refractivity contribution in [3.63, 3.8) is 0 Å². The van der Waals surface area contributed by atoms with Gasteiger partial charge in [0.15, 0.2) is 0 Å². The highest BCUT2D eigenvalue weighted by molar-refractivity contribution is 5.94. The first kappa shape index (κ1) is 13.1. The molecule has 0 aromatic heterocycles. The molecule has 0 radical (unpaired) electrons. The zero-order chi connectivity index (χ0) is 13.5. The molecule has 0 heterocycles. The van der Waals surface area contributed by atoms with Crippen molar-refractivity contribution < 1.29 is 9.53 Å². The summed E-state index contributed by atoms with van der Waals surface area (Å²) in [6.07, 6.45) is 0.836. The third-order valence-corrected chi connectivity index (χ3v) is 2.89. The van der Waals surface area contributed by atoms with Gasteiger partial charge < -0.3 is 10.1 Å².